The largest absolute Gasteiger partial charge is 0.356 e. The van der Waals surface area contributed by atoms with Gasteiger partial charge < -0.3 is 10.6 Å². The maximum absolute atomic E-state index is 11.6. The fourth-order valence-corrected chi connectivity index (χ4v) is 3.28. The van der Waals surface area contributed by atoms with Gasteiger partial charge in [0.15, 0.2) is 0 Å². The van der Waals surface area contributed by atoms with Crippen LogP contribution in [0.3, 0.4) is 0 Å². The van der Waals surface area contributed by atoms with E-state index >= 15 is 0 Å². The Bertz CT molecular complexity index is 388. The molecule has 1 aromatic rings. The van der Waals surface area contributed by atoms with Crippen molar-refractivity contribution in [2.75, 3.05) is 19.6 Å². The summed E-state index contributed by atoms with van der Waals surface area (Å²) in [6, 6.07) is 3.92. The molecule has 0 aliphatic carbocycles. The molecular formula is C13H19ClN2OS. The second kappa shape index (κ2) is 7.12. The zero-order valence-corrected chi connectivity index (χ0v) is 11.9. The number of amides is 1. The molecule has 1 aliphatic rings. The van der Waals surface area contributed by atoms with Gasteiger partial charge in [-0.15, -0.1) is 11.3 Å². The SMILES string of the molecule is O=C(CCC1CCNC1)NCCc1ccc(Cl)s1. The Morgan fingerprint density at radius 2 is 2.44 bits per heavy atom. The molecule has 1 aliphatic heterocycles. The van der Waals surface area contributed by atoms with Crippen molar-refractivity contribution in [1.82, 2.24) is 10.6 Å². The number of hydrogen-bond donors (Lipinski definition) is 2. The van der Waals surface area contributed by atoms with Gasteiger partial charge in [-0.3, -0.25) is 4.79 Å². The summed E-state index contributed by atoms with van der Waals surface area (Å²) < 4.78 is 0.810. The molecule has 18 heavy (non-hydrogen) atoms. The lowest BCUT2D eigenvalue weighted by Gasteiger charge is -2.08. The van der Waals surface area contributed by atoms with Gasteiger partial charge in [0.2, 0.25) is 5.91 Å². The Morgan fingerprint density at radius 1 is 1.56 bits per heavy atom. The van der Waals surface area contributed by atoms with Gasteiger partial charge in [0, 0.05) is 17.8 Å². The molecule has 1 atom stereocenters. The molecule has 3 nitrogen and oxygen atoms in total. The molecule has 1 saturated heterocycles. The summed E-state index contributed by atoms with van der Waals surface area (Å²) in [7, 11) is 0. The summed E-state index contributed by atoms with van der Waals surface area (Å²) in [5, 5.41) is 6.29. The van der Waals surface area contributed by atoms with Crippen molar-refractivity contribution in [1.29, 1.82) is 0 Å². The van der Waals surface area contributed by atoms with E-state index in [1.165, 1.54) is 11.3 Å². The number of hydrogen-bond acceptors (Lipinski definition) is 3. The average Bonchev–Trinajstić information content (AvgIpc) is 2.98. The highest BCUT2D eigenvalue weighted by Crippen LogP contribution is 2.21. The zero-order valence-electron chi connectivity index (χ0n) is 10.4. The Kier molecular flexibility index (Phi) is 5.47. The van der Waals surface area contributed by atoms with Crippen LogP contribution in [0.1, 0.15) is 24.1 Å². The predicted molar refractivity (Wildman–Crippen MR) is 76.3 cm³/mol. The standard InChI is InChI=1S/C13H19ClN2OS/c14-12-3-2-11(18-12)6-8-16-13(17)4-1-10-5-7-15-9-10/h2-3,10,15H,1,4-9H2,(H,16,17). The van der Waals surface area contributed by atoms with Crippen LogP contribution in [-0.4, -0.2) is 25.5 Å². The lowest BCUT2D eigenvalue weighted by Crippen LogP contribution is -2.26. The normalized spacial score (nSPS) is 19.1. The van der Waals surface area contributed by atoms with E-state index in [-0.39, 0.29) is 5.91 Å². The van der Waals surface area contributed by atoms with Gasteiger partial charge >= 0.3 is 0 Å². The van der Waals surface area contributed by atoms with E-state index in [9.17, 15) is 4.79 Å². The third-order valence-electron chi connectivity index (χ3n) is 3.26. The van der Waals surface area contributed by atoms with Gasteiger partial charge in [0.05, 0.1) is 4.34 Å². The van der Waals surface area contributed by atoms with Crippen LogP contribution >= 0.6 is 22.9 Å². The average molecular weight is 287 g/mol. The van der Waals surface area contributed by atoms with E-state index in [1.54, 1.807) is 11.3 Å². The number of carbonyl (C=O) groups is 1. The summed E-state index contributed by atoms with van der Waals surface area (Å²) in [5.41, 5.74) is 0. The van der Waals surface area contributed by atoms with Crippen LogP contribution in [0, 0.1) is 5.92 Å². The molecule has 0 spiro atoms. The molecule has 100 valence electrons. The lowest BCUT2D eigenvalue weighted by molar-refractivity contribution is -0.121. The van der Waals surface area contributed by atoms with Crippen molar-refractivity contribution in [3.63, 3.8) is 0 Å². The van der Waals surface area contributed by atoms with Crippen LogP contribution in [-0.2, 0) is 11.2 Å². The third-order valence-corrected chi connectivity index (χ3v) is 4.56. The minimum Gasteiger partial charge on any atom is -0.356 e. The van der Waals surface area contributed by atoms with Gasteiger partial charge in [0.25, 0.3) is 0 Å². The molecule has 2 rings (SSSR count). The molecule has 2 heterocycles. The Hall–Kier alpha value is -0.580. The monoisotopic (exact) mass is 286 g/mol. The lowest BCUT2D eigenvalue weighted by atomic mass is 10.0. The Labute approximate surface area is 117 Å². The highest BCUT2D eigenvalue weighted by atomic mass is 35.5. The van der Waals surface area contributed by atoms with Gasteiger partial charge in [-0.2, -0.15) is 0 Å². The second-order valence-electron chi connectivity index (χ2n) is 4.70. The summed E-state index contributed by atoms with van der Waals surface area (Å²) >= 11 is 7.43. The van der Waals surface area contributed by atoms with Gasteiger partial charge in [-0.1, -0.05) is 11.6 Å². The van der Waals surface area contributed by atoms with Crippen molar-refractivity contribution in [3.05, 3.63) is 21.3 Å². The van der Waals surface area contributed by atoms with Crippen LogP contribution in [0.25, 0.3) is 0 Å². The summed E-state index contributed by atoms with van der Waals surface area (Å²) in [4.78, 5) is 12.9. The predicted octanol–water partition coefficient (Wildman–Crippen LogP) is 2.45. The summed E-state index contributed by atoms with van der Waals surface area (Å²) in [5.74, 6) is 0.858. The maximum Gasteiger partial charge on any atom is 0.220 e. The molecule has 0 radical (unpaired) electrons. The third kappa shape index (κ3) is 4.59. The van der Waals surface area contributed by atoms with Crippen molar-refractivity contribution in [2.45, 2.75) is 25.7 Å². The van der Waals surface area contributed by atoms with Crippen molar-refractivity contribution >= 4 is 28.8 Å². The number of carbonyl (C=O) groups excluding carboxylic acids is 1. The van der Waals surface area contributed by atoms with Crippen molar-refractivity contribution in [2.24, 2.45) is 5.92 Å². The molecule has 0 aromatic carbocycles. The zero-order chi connectivity index (χ0) is 12.8. The van der Waals surface area contributed by atoms with E-state index in [0.717, 1.165) is 30.3 Å². The molecule has 2 N–H and O–H groups in total. The topological polar surface area (TPSA) is 41.1 Å². The minimum absolute atomic E-state index is 0.171. The van der Waals surface area contributed by atoms with Crippen molar-refractivity contribution < 1.29 is 4.79 Å². The van der Waals surface area contributed by atoms with E-state index < -0.39 is 0 Å². The quantitative estimate of drug-likeness (QED) is 0.843. The number of rotatable bonds is 6. The van der Waals surface area contributed by atoms with Gasteiger partial charge in [0.1, 0.15) is 0 Å². The fraction of sp³-hybridized carbons (Fsp3) is 0.615. The first-order chi connectivity index (χ1) is 8.74. The summed E-state index contributed by atoms with van der Waals surface area (Å²) in [6.45, 7) is 2.88. The van der Waals surface area contributed by atoms with E-state index in [4.69, 9.17) is 11.6 Å². The Morgan fingerprint density at radius 3 is 3.11 bits per heavy atom. The van der Waals surface area contributed by atoms with Gasteiger partial charge in [-0.25, -0.2) is 0 Å². The van der Waals surface area contributed by atoms with Gasteiger partial charge in [-0.05, 0) is 50.4 Å². The van der Waals surface area contributed by atoms with Crippen LogP contribution in [0.4, 0.5) is 0 Å². The van der Waals surface area contributed by atoms with E-state index in [0.29, 0.717) is 18.9 Å². The minimum atomic E-state index is 0.171. The molecule has 0 bridgehead atoms. The smallest absolute Gasteiger partial charge is 0.220 e. The van der Waals surface area contributed by atoms with Crippen LogP contribution in [0.15, 0.2) is 12.1 Å². The van der Waals surface area contributed by atoms with Crippen LogP contribution in [0.2, 0.25) is 4.34 Å². The maximum atomic E-state index is 11.6. The highest BCUT2D eigenvalue weighted by molar-refractivity contribution is 7.16. The fourth-order valence-electron chi connectivity index (χ4n) is 2.20. The summed E-state index contributed by atoms with van der Waals surface area (Å²) in [6.07, 6.45) is 3.73. The Balaban J connectivity index is 1.57. The molecular weight excluding hydrogens is 268 g/mol. The molecule has 1 aromatic heterocycles. The van der Waals surface area contributed by atoms with Crippen LogP contribution in [0.5, 0.6) is 0 Å². The molecule has 0 saturated carbocycles. The molecule has 1 fully saturated rings. The first kappa shape index (κ1) is 13.8. The van der Waals surface area contributed by atoms with E-state index in [2.05, 4.69) is 10.6 Å². The number of halogens is 1. The molecule has 1 unspecified atom stereocenters. The highest BCUT2D eigenvalue weighted by Gasteiger charge is 2.15. The van der Waals surface area contributed by atoms with Crippen molar-refractivity contribution in [3.8, 4) is 0 Å². The molecule has 5 heteroatoms. The first-order valence-corrected chi connectivity index (χ1v) is 7.65. The molecule has 1 amide bonds. The number of nitrogens with one attached hydrogen (secondary N) is 2. The number of thiophene rings is 1. The van der Waals surface area contributed by atoms with Crippen LogP contribution < -0.4 is 10.6 Å². The second-order valence-corrected chi connectivity index (χ2v) is 6.50. The first-order valence-electron chi connectivity index (χ1n) is 6.45. The van der Waals surface area contributed by atoms with E-state index in [1.807, 2.05) is 12.1 Å².